The van der Waals surface area contributed by atoms with E-state index in [4.69, 9.17) is 5.11 Å². The van der Waals surface area contributed by atoms with Gasteiger partial charge >= 0.3 is 5.97 Å². The molecule has 2 nitrogen and oxygen atoms in total. The van der Waals surface area contributed by atoms with E-state index in [0.29, 0.717) is 0 Å². The van der Waals surface area contributed by atoms with E-state index in [1.54, 1.807) is 6.08 Å². The van der Waals surface area contributed by atoms with Crippen molar-refractivity contribution < 1.29 is 9.90 Å². The molecule has 1 saturated carbocycles. The molecule has 1 N–H and O–H groups in total. The Morgan fingerprint density at radius 1 is 1.00 bits per heavy atom. The first-order chi connectivity index (χ1) is 11.1. The third-order valence-electron chi connectivity index (χ3n) is 5.38. The molecule has 23 heavy (non-hydrogen) atoms. The molecule has 0 bridgehead atoms. The summed E-state index contributed by atoms with van der Waals surface area (Å²) in [5.74, 6) is 1.97. The van der Waals surface area contributed by atoms with Crippen molar-refractivity contribution in [2.45, 2.75) is 97.3 Å². The van der Waals surface area contributed by atoms with E-state index in [9.17, 15) is 4.79 Å². The summed E-state index contributed by atoms with van der Waals surface area (Å²) in [5.41, 5.74) is 0. The summed E-state index contributed by atoms with van der Waals surface area (Å²) in [7, 11) is 0. The van der Waals surface area contributed by atoms with Gasteiger partial charge in [0, 0.05) is 6.08 Å². The van der Waals surface area contributed by atoms with Crippen LogP contribution in [0.5, 0.6) is 0 Å². The van der Waals surface area contributed by atoms with E-state index in [1.165, 1.54) is 76.7 Å². The van der Waals surface area contributed by atoms with Crippen LogP contribution in [0.1, 0.15) is 97.3 Å². The maximum absolute atomic E-state index is 10.4. The quantitative estimate of drug-likeness (QED) is 0.306. The van der Waals surface area contributed by atoms with Crippen LogP contribution >= 0.6 is 0 Å². The van der Waals surface area contributed by atoms with Gasteiger partial charge in [-0.15, -0.1) is 0 Å². The second-order valence-corrected chi connectivity index (χ2v) is 7.86. The van der Waals surface area contributed by atoms with E-state index in [-0.39, 0.29) is 0 Å². The Bertz CT molecular complexity index is 333. The second-order valence-electron chi connectivity index (χ2n) is 7.86. The predicted octanol–water partition coefficient (Wildman–Crippen LogP) is 6.60. The molecular formula is C21H38O2. The average Bonchev–Trinajstić information content (AvgIpc) is 2.93. The van der Waals surface area contributed by atoms with Crippen molar-refractivity contribution in [2.75, 3.05) is 0 Å². The molecule has 2 heteroatoms. The highest BCUT2D eigenvalue weighted by Gasteiger charge is 2.25. The third-order valence-corrected chi connectivity index (χ3v) is 5.38. The van der Waals surface area contributed by atoms with E-state index in [2.05, 4.69) is 13.8 Å². The van der Waals surface area contributed by atoms with Gasteiger partial charge in [-0.2, -0.15) is 0 Å². The Labute approximate surface area is 143 Å². The lowest BCUT2D eigenvalue weighted by Gasteiger charge is -2.19. The zero-order chi connectivity index (χ0) is 16.9. The number of hydrogen-bond donors (Lipinski definition) is 1. The van der Waals surface area contributed by atoms with Crippen LogP contribution in [0.15, 0.2) is 12.2 Å². The fourth-order valence-corrected chi connectivity index (χ4v) is 4.04. The van der Waals surface area contributed by atoms with Gasteiger partial charge in [0.1, 0.15) is 0 Å². The standard InChI is InChI=1S/C21H38O2/c1-18(2)12-7-3-4-8-13-19-15-11-16-20(19)14-9-5-6-10-17-21(22)23/h10,17-20H,3-9,11-16H2,1-2H3,(H,22,23)/t19-,20-/m0/s1. The summed E-state index contributed by atoms with van der Waals surface area (Å²) in [6.45, 7) is 4.64. The molecule has 1 aliphatic rings. The molecule has 0 unspecified atom stereocenters. The zero-order valence-corrected chi connectivity index (χ0v) is 15.4. The molecule has 0 spiro atoms. The molecule has 0 saturated heterocycles. The van der Waals surface area contributed by atoms with Gasteiger partial charge in [-0.25, -0.2) is 4.79 Å². The summed E-state index contributed by atoms with van der Waals surface area (Å²) in [4.78, 5) is 10.4. The first kappa shape index (κ1) is 20.3. The number of carboxylic acids is 1. The van der Waals surface area contributed by atoms with Gasteiger partial charge in [-0.1, -0.05) is 90.6 Å². The number of carboxylic acid groups (broad SMARTS) is 1. The number of hydrogen-bond acceptors (Lipinski definition) is 1. The van der Waals surface area contributed by atoms with Crippen LogP contribution in [0, 0.1) is 17.8 Å². The molecule has 0 heterocycles. The lowest BCUT2D eigenvalue weighted by Crippen LogP contribution is -2.08. The maximum Gasteiger partial charge on any atom is 0.327 e. The Morgan fingerprint density at radius 3 is 2.22 bits per heavy atom. The van der Waals surface area contributed by atoms with Crippen molar-refractivity contribution in [1.29, 1.82) is 0 Å². The van der Waals surface area contributed by atoms with Gasteiger partial charge in [0.25, 0.3) is 0 Å². The molecule has 0 aromatic heterocycles. The molecular weight excluding hydrogens is 284 g/mol. The molecule has 0 amide bonds. The number of carbonyl (C=O) groups is 1. The zero-order valence-electron chi connectivity index (χ0n) is 15.4. The minimum atomic E-state index is -0.825. The van der Waals surface area contributed by atoms with Crippen LogP contribution in [-0.2, 0) is 4.79 Å². The van der Waals surface area contributed by atoms with Gasteiger partial charge in [-0.3, -0.25) is 0 Å². The van der Waals surface area contributed by atoms with Crippen molar-refractivity contribution in [1.82, 2.24) is 0 Å². The smallest absolute Gasteiger partial charge is 0.327 e. The SMILES string of the molecule is CC(C)CCCCCC[C@H]1CCC[C@@H]1CCCCC=CC(=O)O. The summed E-state index contributed by atoms with van der Waals surface area (Å²) in [6.07, 6.45) is 20.6. The fourth-order valence-electron chi connectivity index (χ4n) is 4.04. The van der Waals surface area contributed by atoms with Crippen LogP contribution in [0.4, 0.5) is 0 Å². The lowest BCUT2D eigenvalue weighted by atomic mass is 9.87. The number of allylic oxidation sites excluding steroid dienone is 1. The van der Waals surface area contributed by atoms with E-state index in [1.807, 2.05) is 0 Å². The van der Waals surface area contributed by atoms with Crippen LogP contribution in [0.3, 0.4) is 0 Å². The van der Waals surface area contributed by atoms with Gasteiger partial charge in [0.15, 0.2) is 0 Å². The summed E-state index contributed by atoms with van der Waals surface area (Å²) < 4.78 is 0. The van der Waals surface area contributed by atoms with Crippen molar-refractivity contribution >= 4 is 5.97 Å². The number of rotatable bonds is 13. The molecule has 1 fully saturated rings. The van der Waals surface area contributed by atoms with E-state index < -0.39 is 5.97 Å². The molecule has 2 atom stereocenters. The molecule has 0 aromatic rings. The minimum absolute atomic E-state index is 0.825. The third kappa shape index (κ3) is 10.6. The van der Waals surface area contributed by atoms with Crippen molar-refractivity contribution in [2.24, 2.45) is 17.8 Å². The Hall–Kier alpha value is -0.790. The first-order valence-electron chi connectivity index (χ1n) is 9.99. The summed E-state index contributed by atoms with van der Waals surface area (Å²) >= 11 is 0. The van der Waals surface area contributed by atoms with Crippen LogP contribution in [0.25, 0.3) is 0 Å². The molecule has 1 aliphatic carbocycles. The fraction of sp³-hybridized carbons (Fsp3) is 0.857. The summed E-state index contributed by atoms with van der Waals surface area (Å²) in [6, 6.07) is 0. The second kappa shape index (κ2) is 12.6. The van der Waals surface area contributed by atoms with E-state index in [0.717, 1.165) is 30.6 Å². The summed E-state index contributed by atoms with van der Waals surface area (Å²) in [5, 5.41) is 8.55. The van der Waals surface area contributed by atoms with Crippen LogP contribution in [0.2, 0.25) is 0 Å². The Kier molecular flexibility index (Phi) is 11.1. The van der Waals surface area contributed by atoms with Crippen LogP contribution in [-0.4, -0.2) is 11.1 Å². The van der Waals surface area contributed by atoms with Crippen molar-refractivity contribution in [3.8, 4) is 0 Å². The maximum atomic E-state index is 10.4. The molecule has 1 rings (SSSR count). The average molecular weight is 323 g/mol. The Morgan fingerprint density at radius 2 is 1.61 bits per heavy atom. The number of aliphatic carboxylic acids is 1. The topological polar surface area (TPSA) is 37.3 Å². The molecule has 0 aromatic carbocycles. The van der Waals surface area contributed by atoms with E-state index >= 15 is 0 Å². The van der Waals surface area contributed by atoms with Crippen molar-refractivity contribution in [3.63, 3.8) is 0 Å². The molecule has 0 aliphatic heterocycles. The highest BCUT2D eigenvalue weighted by atomic mass is 16.4. The lowest BCUT2D eigenvalue weighted by molar-refractivity contribution is -0.131. The van der Waals surface area contributed by atoms with Crippen LogP contribution < -0.4 is 0 Å². The minimum Gasteiger partial charge on any atom is -0.478 e. The molecule has 134 valence electrons. The predicted molar refractivity (Wildman–Crippen MR) is 98.6 cm³/mol. The monoisotopic (exact) mass is 322 g/mol. The number of unbranched alkanes of at least 4 members (excludes halogenated alkanes) is 5. The Balaban J connectivity index is 2.03. The normalized spacial score (nSPS) is 21.5. The van der Waals surface area contributed by atoms with Gasteiger partial charge in [0.05, 0.1) is 0 Å². The first-order valence-corrected chi connectivity index (χ1v) is 9.99. The highest BCUT2D eigenvalue weighted by Crippen LogP contribution is 2.38. The van der Waals surface area contributed by atoms with Gasteiger partial charge in [-0.05, 0) is 30.6 Å². The molecule has 0 radical (unpaired) electrons. The highest BCUT2D eigenvalue weighted by molar-refractivity contribution is 5.79. The van der Waals surface area contributed by atoms with Gasteiger partial charge in [0.2, 0.25) is 0 Å². The largest absolute Gasteiger partial charge is 0.478 e. The van der Waals surface area contributed by atoms with Crippen molar-refractivity contribution in [3.05, 3.63) is 12.2 Å². The van der Waals surface area contributed by atoms with Gasteiger partial charge < -0.3 is 5.11 Å².